The Morgan fingerprint density at radius 3 is 2.80 bits per heavy atom. The van der Waals surface area contributed by atoms with Gasteiger partial charge in [-0.15, -0.1) is 0 Å². The molecule has 0 amide bonds. The van der Waals surface area contributed by atoms with Crippen molar-refractivity contribution in [2.24, 2.45) is 0 Å². The van der Waals surface area contributed by atoms with Crippen LogP contribution in [0.4, 0.5) is 5.95 Å². The third-order valence-electron chi connectivity index (χ3n) is 4.11. The van der Waals surface area contributed by atoms with Crippen LogP contribution in [0.1, 0.15) is 49.1 Å². The molecule has 5 nitrogen and oxygen atoms in total. The maximum absolute atomic E-state index is 4.64. The summed E-state index contributed by atoms with van der Waals surface area (Å²) in [5.74, 6) is 0.995. The number of rotatable bonds is 4. The molecule has 0 spiro atoms. The second-order valence-corrected chi connectivity index (χ2v) is 5.83. The average molecular weight is 273 g/mol. The van der Waals surface area contributed by atoms with Gasteiger partial charge in [-0.25, -0.2) is 4.98 Å². The second-order valence-electron chi connectivity index (χ2n) is 5.83. The predicted octanol–water partition coefficient (Wildman–Crippen LogP) is 3.02. The lowest BCUT2D eigenvalue weighted by atomic mass is 9.96. The summed E-state index contributed by atoms with van der Waals surface area (Å²) in [5, 5.41) is 10.7. The zero-order valence-corrected chi connectivity index (χ0v) is 12.3. The fraction of sp³-hybridized carbons (Fsp3) is 0.600. The largest absolute Gasteiger partial charge is 0.353 e. The van der Waals surface area contributed by atoms with Crippen molar-refractivity contribution >= 4 is 5.95 Å². The van der Waals surface area contributed by atoms with Gasteiger partial charge in [0.2, 0.25) is 5.95 Å². The van der Waals surface area contributed by atoms with Crippen LogP contribution in [0.15, 0.2) is 12.4 Å². The Kier molecular flexibility index (Phi) is 3.76. The molecular weight excluding hydrogens is 250 g/mol. The van der Waals surface area contributed by atoms with Crippen LogP contribution in [-0.4, -0.2) is 25.8 Å². The summed E-state index contributed by atoms with van der Waals surface area (Å²) in [6.45, 7) is 4.92. The van der Waals surface area contributed by atoms with E-state index in [1.807, 2.05) is 13.1 Å². The Balaban J connectivity index is 1.75. The molecule has 0 saturated heterocycles. The molecule has 0 bridgehead atoms. The number of aromatic nitrogens is 4. The first kappa shape index (κ1) is 13.2. The van der Waals surface area contributed by atoms with Gasteiger partial charge in [-0.05, 0) is 26.7 Å². The van der Waals surface area contributed by atoms with E-state index in [1.54, 1.807) is 0 Å². The Bertz CT molecular complexity index is 563. The average Bonchev–Trinajstić information content (AvgIpc) is 2.98. The van der Waals surface area contributed by atoms with Gasteiger partial charge in [-0.2, -0.15) is 5.10 Å². The molecule has 1 aliphatic carbocycles. The summed E-state index contributed by atoms with van der Waals surface area (Å²) < 4.78 is 2.20. The summed E-state index contributed by atoms with van der Waals surface area (Å²) in [4.78, 5) is 4.64. The minimum Gasteiger partial charge on any atom is -0.353 e. The van der Waals surface area contributed by atoms with E-state index in [2.05, 4.69) is 38.2 Å². The topological polar surface area (TPSA) is 58.5 Å². The molecule has 0 aromatic carbocycles. The molecule has 5 heteroatoms. The zero-order valence-electron chi connectivity index (χ0n) is 12.3. The third kappa shape index (κ3) is 2.86. The van der Waals surface area contributed by atoms with E-state index < -0.39 is 0 Å². The standard InChI is InChI=1S/C15H23N5/c1-11-9-20(10-13-8-16-19-12(13)2)15(17-11)18-14-6-4-3-5-7-14/h8-9,14H,3-7,10H2,1-2H3,(H,16,19)(H,17,18). The van der Waals surface area contributed by atoms with Gasteiger partial charge < -0.3 is 9.88 Å². The van der Waals surface area contributed by atoms with E-state index in [4.69, 9.17) is 0 Å². The highest BCUT2D eigenvalue weighted by molar-refractivity contribution is 5.32. The van der Waals surface area contributed by atoms with Crippen LogP contribution in [0.2, 0.25) is 0 Å². The van der Waals surface area contributed by atoms with Crippen molar-refractivity contribution < 1.29 is 0 Å². The number of anilines is 1. The summed E-state index contributed by atoms with van der Waals surface area (Å²) >= 11 is 0. The number of hydrogen-bond acceptors (Lipinski definition) is 3. The van der Waals surface area contributed by atoms with Crippen LogP contribution in [0, 0.1) is 13.8 Å². The lowest BCUT2D eigenvalue weighted by Gasteiger charge is -2.23. The molecule has 20 heavy (non-hydrogen) atoms. The number of imidazole rings is 1. The van der Waals surface area contributed by atoms with E-state index in [0.29, 0.717) is 6.04 Å². The highest BCUT2D eigenvalue weighted by atomic mass is 15.2. The lowest BCUT2D eigenvalue weighted by molar-refractivity contribution is 0.459. The number of nitrogens with zero attached hydrogens (tertiary/aromatic N) is 3. The first-order valence-corrected chi connectivity index (χ1v) is 7.51. The predicted molar refractivity (Wildman–Crippen MR) is 79.9 cm³/mol. The van der Waals surface area contributed by atoms with Crippen molar-refractivity contribution in [1.29, 1.82) is 0 Å². The molecule has 0 unspecified atom stereocenters. The van der Waals surface area contributed by atoms with Gasteiger partial charge in [0.25, 0.3) is 0 Å². The summed E-state index contributed by atoms with van der Waals surface area (Å²) in [7, 11) is 0. The SMILES string of the molecule is Cc1cn(Cc2cn[nH]c2C)c(NC2CCCCC2)n1. The molecule has 1 saturated carbocycles. The van der Waals surface area contributed by atoms with Gasteiger partial charge in [-0.3, -0.25) is 5.10 Å². The van der Waals surface area contributed by atoms with Gasteiger partial charge in [0.15, 0.2) is 0 Å². The van der Waals surface area contributed by atoms with E-state index in [-0.39, 0.29) is 0 Å². The molecule has 1 aliphatic rings. The molecule has 2 aromatic heterocycles. The monoisotopic (exact) mass is 273 g/mol. The highest BCUT2D eigenvalue weighted by Crippen LogP contribution is 2.22. The third-order valence-corrected chi connectivity index (χ3v) is 4.11. The lowest BCUT2D eigenvalue weighted by Crippen LogP contribution is -2.24. The number of aromatic amines is 1. The van der Waals surface area contributed by atoms with E-state index in [9.17, 15) is 0 Å². The van der Waals surface area contributed by atoms with Crippen LogP contribution in [0.3, 0.4) is 0 Å². The summed E-state index contributed by atoms with van der Waals surface area (Å²) in [6, 6.07) is 0.578. The molecule has 1 fully saturated rings. The van der Waals surface area contributed by atoms with Gasteiger partial charge in [-0.1, -0.05) is 19.3 Å². The van der Waals surface area contributed by atoms with Crippen molar-refractivity contribution in [2.45, 2.75) is 58.5 Å². The maximum Gasteiger partial charge on any atom is 0.203 e. The van der Waals surface area contributed by atoms with Gasteiger partial charge >= 0.3 is 0 Å². The number of aryl methyl sites for hydroxylation is 2. The minimum atomic E-state index is 0.578. The van der Waals surface area contributed by atoms with Gasteiger partial charge in [0.05, 0.1) is 18.4 Å². The van der Waals surface area contributed by atoms with Crippen LogP contribution in [-0.2, 0) is 6.54 Å². The smallest absolute Gasteiger partial charge is 0.203 e. The summed E-state index contributed by atoms with van der Waals surface area (Å²) in [6.07, 6.45) is 10.6. The van der Waals surface area contributed by atoms with Crippen LogP contribution in [0.5, 0.6) is 0 Å². The second kappa shape index (κ2) is 5.69. The number of nitrogens with one attached hydrogen (secondary N) is 2. The van der Waals surface area contributed by atoms with E-state index in [1.165, 1.54) is 37.7 Å². The summed E-state index contributed by atoms with van der Waals surface area (Å²) in [5.41, 5.74) is 3.40. The molecule has 2 heterocycles. The fourth-order valence-electron chi connectivity index (χ4n) is 2.93. The van der Waals surface area contributed by atoms with E-state index >= 15 is 0 Å². The molecule has 0 radical (unpaired) electrons. The Hall–Kier alpha value is -1.78. The first-order chi connectivity index (χ1) is 9.72. The Morgan fingerprint density at radius 1 is 1.30 bits per heavy atom. The molecular formula is C15H23N5. The fourth-order valence-corrected chi connectivity index (χ4v) is 2.93. The molecule has 108 valence electrons. The van der Waals surface area contributed by atoms with Crippen molar-refractivity contribution in [3.05, 3.63) is 29.3 Å². The van der Waals surface area contributed by atoms with Crippen LogP contribution >= 0.6 is 0 Å². The molecule has 0 aliphatic heterocycles. The van der Waals surface area contributed by atoms with Crippen molar-refractivity contribution in [3.63, 3.8) is 0 Å². The zero-order chi connectivity index (χ0) is 13.9. The molecule has 2 N–H and O–H groups in total. The van der Waals surface area contributed by atoms with Gasteiger partial charge in [0.1, 0.15) is 0 Å². The molecule has 0 atom stereocenters. The minimum absolute atomic E-state index is 0.578. The number of H-pyrrole nitrogens is 1. The maximum atomic E-state index is 4.64. The van der Waals surface area contributed by atoms with Crippen LogP contribution in [0.25, 0.3) is 0 Å². The molecule has 2 aromatic rings. The van der Waals surface area contributed by atoms with E-state index in [0.717, 1.165) is 23.9 Å². The highest BCUT2D eigenvalue weighted by Gasteiger charge is 2.16. The quantitative estimate of drug-likeness (QED) is 0.900. The van der Waals surface area contributed by atoms with Gasteiger partial charge in [0, 0.05) is 23.5 Å². The van der Waals surface area contributed by atoms with Crippen molar-refractivity contribution in [2.75, 3.05) is 5.32 Å². The molecule has 3 rings (SSSR count). The first-order valence-electron chi connectivity index (χ1n) is 7.51. The Labute approximate surface area is 119 Å². The normalized spacial score (nSPS) is 16.5. The Morgan fingerprint density at radius 2 is 2.10 bits per heavy atom. The number of hydrogen-bond donors (Lipinski definition) is 2. The van der Waals surface area contributed by atoms with Crippen LogP contribution < -0.4 is 5.32 Å². The van der Waals surface area contributed by atoms with Crippen molar-refractivity contribution in [3.8, 4) is 0 Å². The van der Waals surface area contributed by atoms with Crippen molar-refractivity contribution in [1.82, 2.24) is 19.7 Å².